The Hall–Kier alpha value is -2.25. The van der Waals surface area contributed by atoms with Gasteiger partial charge in [0.05, 0.1) is 16.6 Å². The van der Waals surface area contributed by atoms with Gasteiger partial charge in [0.2, 0.25) is 5.91 Å². The van der Waals surface area contributed by atoms with Gasteiger partial charge in [0.15, 0.2) is 0 Å². The highest BCUT2D eigenvalue weighted by Gasteiger charge is 2.16. The number of amides is 1. The molecule has 0 aliphatic carbocycles. The van der Waals surface area contributed by atoms with Gasteiger partial charge in [-0.1, -0.05) is 29.8 Å². The van der Waals surface area contributed by atoms with Crippen LogP contribution in [0.15, 0.2) is 47.8 Å². The maximum Gasteiger partial charge on any atom is 0.237 e. The summed E-state index contributed by atoms with van der Waals surface area (Å²) in [6.45, 7) is 3.78. The van der Waals surface area contributed by atoms with E-state index in [1.807, 2.05) is 36.6 Å². The fourth-order valence-electron chi connectivity index (χ4n) is 2.31. The number of thiazole rings is 1. The largest absolute Gasteiger partial charge is 0.323 e. The molecule has 1 atom stereocenters. The molecule has 0 aliphatic rings. The molecule has 1 N–H and O–H groups in total. The molecule has 0 saturated carbocycles. The van der Waals surface area contributed by atoms with E-state index in [9.17, 15) is 13.6 Å². The summed E-state index contributed by atoms with van der Waals surface area (Å²) >= 11 is 2.98. The predicted octanol–water partition coefficient (Wildman–Crippen LogP) is 5.66. The number of benzene rings is 2. The number of hydrogen-bond donors (Lipinski definition) is 1. The van der Waals surface area contributed by atoms with Gasteiger partial charge in [-0.2, -0.15) is 0 Å². The normalized spacial score (nSPS) is 12.0. The van der Waals surface area contributed by atoms with Crippen molar-refractivity contribution in [3.05, 3.63) is 70.7 Å². The Kier molecular flexibility index (Phi) is 6.23. The summed E-state index contributed by atoms with van der Waals surface area (Å²) in [5.74, 6) is -1.23. The molecule has 0 bridgehead atoms. The zero-order chi connectivity index (χ0) is 19.4. The van der Waals surface area contributed by atoms with Crippen LogP contribution in [-0.2, 0) is 10.5 Å². The molecule has 2 aromatic carbocycles. The second-order valence-corrected chi connectivity index (χ2v) is 8.26. The van der Waals surface area contributed by atoms with Gasteiger partial charge in [-0.25, -0.2) is 13.8 Å². The quantitative estimate of drug-likeness (QED) is 0.577. The van der Waals surface area contributed by atoms with Gasteiger partial charge >= 0.3 is 0 Å². The molecule has 1 heterocycles. The number of carbonyl (C=O) groups is 1. The highest BCUT2D eigenvalue weighted by molar-refractivity contribution is 7.99. The lowest BCUT2D eigenvalue weighted by atomic mass is 10.2. The molecule has 3 rings (SSSR count). The summed E-state index contributed by atoms with van der Waals surface area (Å²) in [4.78, 5) is 16.8. The Bertz CT molecular complexity index is 941. The van der Waals surface area contributed by atoms with E-state index in [1.54, 1.807) is 18.3 Å². The first kappa shape index (κ1) is 19.5. The average Bonchev–Trinajstić information content (AvgIpc) is 3.11. The fourth-order valence-corrected chi connectivity index (χ4v) is 4.02. The third-order valence-electron chi connectivity index (χ3n) is 3.89. The molecule has 0 fully saturated rings. The molecule has 140 valence electrons. The summed E-state index contributed by atoms with van der Waals surface area (Å²) in [5.41, 5.74) is 3.14. The first-order chi connectivity index (χ1) is 12.9. The molecule has 0 saturated heterocycles. The van der Waals surface area contributed by atoms with Gasteiger partial charge in [0.1, 0.15) is 16.6 Å². The zero-order valence-corrected chi connectivity index (χ0v) is 16.5. The smallest absolute Gasteiger partial charge is 0.237 e. The Balaban J connectivity index is 1.56. The van der Waals surface area contributed by atoms with Gasteiger partial charge in [-0.05, 0) is 26.0 Å². The van der Waals surface area contributed by atoms with Crippen LogP contribution in [0.1, 0.15) is 18.2 Å². The summed E-state index contributed by atoms with van der Waals surface area (Å²) in [6, 6.07) is 11.2. The highest BCUT2D eigenvalue weighted by atomic mass is 32.2. The third kappa shape index (κ3) is 5.14. The van der Waals surface area contributed by atoms with E-state index in [0.29, 0.717) is 5.75 Å². The standard InChI is InChI=1S/C20H18F2N2OS2/c1-12-3-5-14(6-4-12)20-23-16(11-27-20)10-26-13(2)19(25)24-18-8-7-15(21)9-17(18)22/h3-9,11,13H,10H2,1-2H3,(H,24,25). The topological polar surface area (TPSA) is 42.0 Å². The number of halogens is 2. The number of carbonyl (C=O) groups excluding carboxylic acids is 1. The van der Waals surface area contributed by atoms with E-state index in [-0.39, 0.29) is 11.6 Å². The number of hydrogen-bond acceptors (Lipinski definition) is 4. The van der Waals surface area contributed by atoms with Crippen LogP contribution in [-0.4, -0.2) is 16.1 Å². The summed E-state index contributed by atoms with van der Waals surface area (Å²) in [7, 11) is 0. The van der Waals surface area contributed by atoms with Crippen molar-refractivity contribution in [2.75, 3.05) is 5.32 Å². The van der Waals surface area contributed by atoms with E-state index >= 15 is 0 Å². The monoisotopic (exact) mass is 404 g/mol. The second kappa shape index (κ2) is 8.63. The minimum Gasteiger partial charge on any atom is -0.323 e. The van der Waals surface area contributed by atoms with E-state index in [2.05, 4.69) is 10.3 Å². The van der Waals surface area contributed by atoms with Crippen LogP contribution in [0.2, 0.25) is 0 Å². The minimum atomic E-state index is -0.789. The first-order valence-corrected chi connectivity index (χ1v) is 10.2. The molecule has 27 heavy (non-hydrogen) atoms. The predicted molar refractivity (Wildman–Crippen MR) is 108 cm³/mol. The van der Waals surface area contributed by atoms with Crippen LogP contribution in [0.25, 0.3) is 10.6 Å². The third-order valence-corrected chi connectivity index (χ3v) is 6.01. The van der Waals surface area contributed by atoms with Crippen molar-refractivity contribution in [1.29, 1.82) is 0 Å². The van der Waals surface area contributed by atoms with Crippen molar-refractivity contribution >= 4 is 34.7 Å². The van der Waals surface area contributed by atoms with Crippen LogP contribution in [0.5, 0.6) is 0 Å². The molecule has 1 unspecified atom stereocenters. The lowest BCUT2D eigenvalue weighted by Gasteiger charge is -2.12. The Labute approximate surface area is 164 Å². The number of aromatic nitrogens is 1. The molecule has 7 heteroatoms. The number of anilines is 1. The number of aryl methyl sites for hydroxylation is 1. The summed E-state index contributed by atoms with van der Waals surface area (Å²) in [6.07, 6.45) is 0. The van der Waals surface area contributed by atoms with Crippen LogP contribution >= 0.6 is 23.1 Å². The fraction of sp³-hybridized carbons (Fsp3) is 0.200. The average molecular weight is 405 g/mol. The first-order valence-electron chi connectivity index (χ1n) is 8.31. The summed E-state index contributed by atoms with van der Waals surface area (Å²) in [5, 5.41) is 5.01. The minimum absolute atomic E-state index is 0.0239. The number of rotatable bonds is 6. The molecule has 0 aliphatic heterocycles. The van der Waals surface area contributed by atoms with E-state index < -0.39 is 16.9 Å². The molecular formula is C20H18F2N2OS2. The second-order valence-electron chi connectivity index (χ2n) is 6.08. The highest BCUT2D eigenvalue weighted by Crippen LogP contribution is 2.27. The molecule has 1 aromatic heterocycles. The Morgan fingerprint density at radius 2 is 1.96 bits per heavy atom. The van der Waals surface area contributed by atoms with Gasteiger partial charge in [-0.3, -0.25) is 4.79 Å². The van der Waals surface area contributed by atoms with Crippen molar-refractivity contribution in [3.63, 3.8) is 0 Å². The van der Waals surface area contributed by atoms with Gasteiger partial charge < -0.3 is 5.32 Å². The molecule has 3 nitrogen and oxygen atoms in total. The van der Waals surface area contributed by atoms with Crippen molar-refractivity contribution in [3.8, 4) is 10.6 Å². The maximum absolute atomic E-state index is 13.6. The molecule has 0 spiro atoms. The van der Waals surface area contributed by atoms with E-state index in [1.165, 1.54) is 23.4 Å². The Morgan fingerprint density at radius 1 is 1.22 bits per heavy atom. The number of nitrogens with one attached hydrogen (secondary N) is 1. The van der Waals surface area contributed by atoms with Crippen molar-refractivity contribution < 1.29 is 13.6 Å². The van der Waals surface area contributed by atoms with Gasteiger partial charge in [0.25, 0.3) is 0 Å². The molecule has 1 amide bonds. The number of thioether (sulfide) groups is 1. The van der Waals surface area contributed by atoms with Crippen molar-refractivity contribution in [1.82, 2.24) is 4.98 Å². The van der Waals surface area contributed by atoms with Crippen LogP contribution < -0.4 is 5.32 Å². The van der Waals surface area contributed by atoms with Crippen molar-refractivity contribution in [2.45, 2.75) is 24.9 Å². The van der Waals surface area contributed by atoms with E-state index in [0.717, 1.165) is 28.4 Å². The van der Waals surface area contributed by atoms with E-state index in [4.69, 9.17) is 0 Å². The molecule has 3 aromatic rings. The van der Waals surface area contributed by atoms with Gasteiger partial charge in [0, 0.05) is 22.8 Å². The number of nitrogens with zero attached hydrogens (tertiary/aromatic N) is 1. The zero-order valence-electron chi connectivity index (χ0n) is 14.8. The van der Waals surface area contributed by atoms with Crippen molar-refractivity contribution in [2.24, 2.45) is 0 Å². The van der Waals surface area contributed by atoms with Crippen LogP contribution in [0, 0.1) is 18.6 Å². The SMILES string of the molecule is Cc1ccc(-c2nc(CSC(C)C(=O)Nc3ccc(F)cc3F)cs2)cc1. The maximum atomic E-state index is 13.6. The Morgan fingerprint density at radius 3 is 2.67 bits per heavy atom. The van der Waals surface area contributed by atoms with Crippen LogP contribution in [0.3, 0.4) is 0 Å². The molecular weight excluding hydrogens is 386 g/mol. The summed E-state index contributed by atoms with van der Waals surface area (Å²) < 4.78 is 26.6. The molecule has 0 radical (unpaired) electrons. The van der Waals surface area contributed by atoms with Gasteiger partial charge in [-0.15, -0.1) is 23.1 Å². The van der Waals surface area contributed by atoms with Crippen LogP contribution in [0.4, 0.5) is 14.5 Å². The lowest BCUT2D eigenvalue weighted by Crippen LogP contribution is -2.23. The lowest BCUT2D eigenvalue weighted by molar-refractivity contribution is -0.115.